The maximum Gasteiger partial charge on any atom is 0.280 e. The van der Waals surface area contributed by atoms with Crippen LogP contribution in [0.2, 0.25) is 0 Å². The van der Waals surface area contributed by atoms with Crippen LogP contribution in [0.25, 0.3) is 6.08 Å². The van der Waals surface area contributed by atoms with Crippen LogP contribution in [0.1, 0.15) is 5.56 Å². The van der Waals surface area contributed by atoms with Crippen LogP contribution in [0.3, 0.4) is 0 Å². The second-order valence-electron chi connectivity index (χ2n) is 4.23. The zero-order chi connectivity index (χ0) is 14.7. The minimum absolute atomic E-state index is 0.0285. The summed E-state index contributed by atoms with van der Waals surface area (Å²) in [5.41, 5.74) is 2.62. The summed E-state index contributed by atoms with van der Waals surface area (Å²) in [6, 6.07) is 2.76. The molecular formula is C12H13N3O5. The van der Waals surface area contributed by atoms with E-state index in [2.05, 4.69) is 5.43 Å². The van der Waals surface area contributed by atoms with Gasteiger partial charge in [0.25, 0.3) is 11.6 Å². The smallest absolute Gasteiger partial charge is 0.280 e. The number of benzene rings is 1. The molecule has 0 atom stereocenters. The molecule has 1 aliphatic heterocycles. The lowest BCUT2D eigenvalue weighted by Gasteiger charge is -2.08. The number of hydrogen-bond donors (Lipinski definition) is 1. The van der Waals surface area contributed by atoms with Gasteiger partial charge in [0, 0.05) is 20.2 Å². The van der Waals surface area contributed by atoms with Gasteiger partial charge in [0.1, 0.15) is 0 Å². The standard InChI is InChI=1S/C12H13N3O5/c1-14(2)13-12(16)4-3-8-5-10-11(20-7-19-10)6-9(8)15(17)18/h3-6H,7H2,1-2H3,(H,13,16)/b4-3+. The molecule has 8 nitrogen and oxygen atoms in total. The van der Waals surface area contributed by atoms with Crippen LogP contribution in [0.5, 0.6) is 11.5 Å². The average Bonchev–Trinajstić information content (AvgIpc) is 2.81. The Bertz CT molecular complexity index is 583. The number of carbonyl (C=O) groups excluding carboxylic acids is 1. The Balaban J connectivity index is 2.28. The van der Waals surface area contributed by atoms with Gasteiger partial charge in [-0.05, 0) is 12.1 Å². The maximum atomic E-state index is 11.5. The SMILES string of the molecule is CN(C)NC(=O)/C=C/c1cc2c(cc1[N+](=O)[O-])OCO2. The molecule has 20 heavy (non-hydrogen) atoms. The summed E-state index contributed by atoms with van der Waals surface area (Å²) in [4.78, 5) is 22.0. The first-order valence-electron chi connectivity index (χ1n) is 5.71. The molecule has 1 aromatic rings. The van der Waals surface area contributed by atoms with Crippen molar-refractivity contribution < 1.29 is 19.2 Å². The third kappa shape index (κ3) is 3.04. The molecule has 0 radical (unpaired) electrons. The number of nitrogens with one attached hydrogen (secondary N) is 1. The third-order valence-corrected chi connectivity index (χ3v) is 2.47. The van der Waals surface area contributed by atoms with Gasteiger partial charge in [0.05, 0.1) is 16.6 Å². The molecule has 1 amide bonds. The van der Waals surface area contributed by atoms with Crippen molar-refractivity contribution in [3.8, 4) is 11.5 Å². The topological polar surface area (TPSA) is 93.9 Å². The fourth-order valence-corrected chi connectivity index (χ4v) is 1.66. The first kappa shape index (κ1) is 13.8. The van der Waals surface area contributed by atoms with Crippen LogP contribution in [-0.2, 0) is 4.79 Å². The maximum absolute atomic E-state index is 11.5. The normalized spacial score (nSPS) is 12.9. The quantitative estimate of drug-likeness (QED) is 0.500. The molecule has 0 saturated heterocycles. The van der Waals surface area contributed by atoms with E-state index < -0.39 is 4.92 Å². The highest BCUT2D eigenvalue weighted by Gasteiger charge is 2.22. The number of ether oxygens (including phenoxy) is 2. The zero-order valence-corrected chi connectivity index (χ0v) is 11.0. The van der Waals surface area contributed by atoms with Crippen LogP contribution in [0.4, 0.5) is 5.69 Å². The van der Waals surface area contributed by atoms with Gasteiger partial charge in [-0.2, -0.15) is 0 Å². The van der Waals surface area contributed by atoms with Crippen molar-refractivity contribution in [2.45, 2.75) is 0 Å². The van der Waals surface area contributed by atoms with Crippen LogP contribution in [0.15, 0.2) is 18.2 Å². The van der Waals surface area contributed by atoms with Crippen LogP contribution >= 0.6 is 0 Å². The van der Waals surface area contributed by atoms with Crippen molar-refractivity contribution in [2.75, 3.05) is 20.9 Å². The van der Waals surface area contributed by atoms with Gasteiger partial charge in [-0.25, -0.2) is 5.01 Å². The predicted octanol–water partition coefficient (Wildman–Crippen LogP) is 0.929. The van der Waals surface area contributed by atoms with Crippen molar-refractivity contribution in [3.63, 3.8) is 0 Å². The fraction of sp³-hybridized carbons (Fsp3) is 0.250. The molecule has 0 unspecified atom stereocenters. The van der Waals surface area contributed by atoms with Gasteiger partial charge >= 0.3 is 0 Å². The van der Waals surface area contributed by atoms with E-state index in [4.69, 9.17) is 9.47 Å². The van der Waals surface area contributed by atoms with Crippen LogP contribution in [-0.4, -0.2) is 36.7 Å². The van der Waals surface area contributed by atoms with E-state index >= 15 is 0 Å². The Morgan fingerprint density at radius 1 is 1.40 bits per heavy atom. The number of carbonyl (C=O) groups is 1. The van der Waals surface area contributed by atoms with Gasteiger partial charge in [-0.1, -0.05) is 0 Å². The van der Waals surface area contributed by atoms with Crippen molar-refractivity contribution >= 4 is 17.7 Å². The lowest BCUT2D eigenvalue weighted by molar-refractivity contribution is -0.385. The highest BCUT2D eigenvalue weighted by atomic mass is 16.7. The van der Waals surface area contributed by atoms with Gasteiger partial charge in [0.2, 0.25) is 6.79 Å². The number of fused-ring (bicyclic) bond motifs is 1. The average molecular weight is 279 g/mol. The van der Waals surface area contributed by atoms with E-state index in [0.717, 1.165) is 0 Å². The van der Waals surface area contributed by atoms with Gasteiger partial charge < -0.3 is 9.47 Å². The van der Waals surface area contributed by atoms with E-state index in [-0.39, 0.29) is 24.0 Å². The Morgan fingerprint density at radius 2 is 2.05 bits per heavy atom. The van der Waals surface area contributed by atoms with E-state index in [1.54, 1.807) is 14.1 Å². The van der Waals surface area contributed by atoms with Gasteiger partial charge in [0.15, 0.2) is 11.5 Å². The second kappa shape index (κ2) is 5.57. The summed E-state index contributed by atoms with van der Waals surface area (Å²) < 4.78 is 10.2. The summed E-state index contributed by atoms with van der Waals surface area (Å²) in [6.45, 7) is 0.0285. The molecule has 0 saturated carbocycles. The van der Waals surface area contributed by atoms with Crippen LogP contribution in [0, 0.1) is 10.1 Å². The van der Waals surface area contributed by atoms with Crippen molar-refractivity contribution in [3.05, 3.63) is 33.9 Å². The zero-order valence-electron chi connectivity index (χ0n) is 11.0. The van der Waals surface area contributed by atoms with E-state index in [1.807, 2.05) is 0 Å². The van der Waals surface area contributed by atoms with Gasteiger partial charge in [-0.3, -0.25) is 20.3 Å². The Morgan fingerprint density at radius 3 is 2.65 bits per heavy atom. The monoisotopic (exact) mass is 279 g/mol. The lowest BCUT2D eigenvalue weighted by Crippen LogP contribution is -2.34. The van der Waals surface area contributed by atoms with E-state index in [0.29, 0.717) is 11.5 Å². The van der Waals surface area contributed by atoms with Gasteiger partial charge in [-0.15, -0.1) is 0 Å². The molecule has 0 spiro atoms. The highest BCUT2D eigenvalue weighted by molar-refractivity contribution is 5.92. The van der Waals surface area contributed by atoms with Crippen molar-refractivity contribution in [1.29, 1.82) is 0 Å². The van der Waals surface area contributed by atoms with E-state index in [1.165, 1.54) is 29.3 Å². The van der Waals surface area contributed by atoms with Crippen molar-refractivity contribution in [1.82, 2.24) is 10.4 Å². The molecule has 0 fully saturated rings. The first-order chi connectivity index (χ1) is 9.47. The molecule has 106 valence electrons. The largest absolute Gasteiger partial charge is 0.454 e. The fourth-order valence-electron chi connectivity index (χ4n) is 1.66. The molecule has 1 aliphatic rings. The summed E-state index contributed by atoms with van der Waals surface area (Å²) in [6.07, 6.45) is 2.57. The molecule has 2 rings (SSSR count). The summed E-state index contributed by atoms with van der Waals surface area (Å²) >= 11 is 0. The molecule has 0 aliphatic carbocycles. The molecule has 0 bridgehead atoms. The number of hydrogen-bond acceptors (Lipinski definition) is 6. The summed E-state index contributed by atoms with van der Waals surface area (Å²) in [5, 5.41) is 12.5. The first-order valence-corrected chi connectivity index (χ1v) is 5.71. The Labute approximate surface area is 114 Å². The minimum Gasteiger partial charge on any atom is -0.454 e. The number of nitrogens with zero attached hydrogens (tertiary/aromatic N) is 2. The number of nitro benzene ring substituents is 1. The van der Waals surface area contributed by atoms with Crippen molar-refractivity contribution in [2.24, 2.45) is 0 Å². The summed E-state index contributed by atoms with van der Waals surface area (Å²) in [5.74, 6) is 0.358. The highest BCUT2D eigenvalue weighted by Crippen LogP contribution is 2.38. The number of amides is 1. The predicted molar refractivity (Wildman–Crippen MR) is 70.1 cm³/mol. The molecule has 0 aromatic heterocycles. The molecular weight excluding hydrogens is 266 g/mol. The Kier molecular flexibility index (Phi) is 3.85. The summed E-state index contributed by atoms with van der Waals surface area (Å²) in [7, 11) is 3.32. The second-order valence-corrected chi connectivity index (χ2v) is 4.23. The molecule has 1 N–H and O–H groups in total. The number of rotatable bonds is 4. The van der Waals surface area contributed by atoms with Crippen LogP contribution < -0.4 is 14.9 Å². The lowest BCUT2D eigenvalue weighted by atomic mass is 10.1. The molecule has 8 heteroatoms. The number of nitro groups is 1. The minimum atomic E-state index is -0.536. The molecule has 1 aromatic carbocycles. The molecule has 1 heterocycles. The Hall–Kier alpha value is -2.61. The van der Waals surface area contributed by atoms with E-state index in [9.17, 15) is 14.9 Å². The number of hydrazine groups is 1. The third-order valence-electron chi connectivity index (χ3n) is 2.47.